The number of carbonyl (C=O) groups is 1. The zero-order chi connectivity index (χ0) is 8.55. The Morgan fingerprint density at radius 3 is 3.25 bits per heavy atom. The van der Waals surface area contributed by atoms with Crippen LogP contribution in [0.1, 0.15) is 0 Å². The summed E-state index contributed by atoms with van der Waals surface area (Å²) < 4.78 is 5.24. The summed E-state index contributed by atoms with van der Waals surface area (Å²) in [5.41, 5.74) is 5.69. The lowest BCUT2D eigenvalue weighted by atomic mass is 10.1. The summed E-state index contributed by atoms with van der Waals surface area (Å²) in [5, 5.41) is 1.74. The Kier molecular flexibility index (Phi) is 1.69. The van der Waals surface area contributed by atoms with E-state index >= 15 is 0 Å². The predicted octanol–water partition coefficient (Wildman–Crippen LogP) is 0.899. The number of allylic oxidation sites excluding steroid dienone is 2. The molecule has 62 valence electrons. The Morgan fingerprint density at radius 1 is 1.67 bits per heavy atom. The Balaban J connectivity index is 2.28. The third kappa shape index (κ3) is 1.04. The van der Waals surface area contributed by atoms with Gasteiger partial charge in [-0.15, -0.1) is 0 Å². The van der Waals surface area contributed by atoms with Gasteiger partial charge in [-0.3, -0.25) is 4.79 Å². The topological polar surface area (TPSA) is 52.3 Å². The van der Waals surface area contributed by atoms with Crippen LogP contribution >= 0.6 is 11.8 Å². The molecule has 0 aliphatic carbocycles. The van der Waals surface area contributed by atoms with Gasteiger partial charge in [0.1, 0.15) is 0 Å². The van der Waals surface area contributed by atoms with Crippen LogP contribution in [-0.4, -0.2) is 12.0 Å². The number of primary amides is 1. The first kappa shape index (κ1) is 7.49. The zero-order valence-corrected chi connectivity index (χ0v) is 7.01. The molecular weight excluding hydrogens is 174 g/mol. The quantitative estimate of drug-likeness (QED) is 0.653. The Bertz CT molecular complexity index is 317. The summed E-state index contributed by atoms with van der Waals surface area (Å²) in [4.78, 5) is 11.9. The SMILES string of the molecule is NC(=O)C1=CSC2=CC=COC21. The van der Waals surface area contributed by atoms with Crippen molar-refractivity contribution < 1.29 is 9.53 Å². The fourth-order valence-electron chi connectivity index (χ4n) is 1.12. The van der Waals surface area contributed by atoms with E-state index in [4.69, 9.17) is 10.5 Å². The van der Waals surface area contributed by atoms with Gasteiger partial charge in [-0.05, 0) is 17.6 Å². The highest BCUT2D eigenvalue weighted by molar-refractivity contribution is 8.06. The second-order valence-corrected chi connectivity index (χ2v) is 3.41. The molecule has 0 saturated carbocycles. The van der Waals surface area contributed by atoms with E-state index in [0.717, 1.165) is 4.91 Å². The first-order valence-corrected chi connectivity index (χ1v) is 4.36. The van der Waals surface area contributed by atoms with Gasteiger partial charge in [0.05, 0.1) is 11.8 Å². The third-order valence-corrected chi connectivity index (χ3v) is 2.70. The van der Waals surface area contributed by atoms with Gasteiger partial charge in [-0.25, -0.2) is 0 Å². The number of fused-ring (bicyclic) bond motifs is 1. The van der Waals surface area contributed by atoms with E-state index in [1.807, 2.05) is 6.08 Å². The van der Waals surface area contributed by atoms with Crippen LogP contribution < -0.4 is 5.73 Å². The number of amides is 1. The highest BCUT2D eigenvalue weighted by Gasteiger charge is 2.30. The predicted molar refractivity (Wildman–Crippen MR) is 47.0 cm³/mol. The van der Waals surface area contributed by atoms with Gasteiger partial charge in [0.25, 0.3) is 0 Å². The van der Waals surface area contributed by atoms with Crippen LogP contribution in [0.25, 0.3) is 0 Å². The van der Waals surface area contributed by atoms with Gasteiger partial charge in [0.15, 0.2) is 6.10 Å². The molecular formula is C8H7NO2S. The lowest BCUT2D eigenvalue weighted by Crippen LogP contribution is -2.24. The highest BCUT2D eigenvalue weighted by Crippen LogP contribution is 2.37. The van der Waals surface area contributed by atoms with E-state index in [-0.39, 0.29) is 6.10 Å². The van der Waals surface area contributed by atoms with Crippen LogP contribution in [0, 0.1) is 0 Å². The lowest BCUT2D eigenvalue weighted by Gasteiger charge is -2.16. The second kappa shape index (κ2) is 2.71. The molecule has 0 fully saturated rings. The molecule has 0 bridgehead atoms. The van der Waals surface area contributed by atoms with Crippen LogP contribution in [-0.2, 0) is 9.53 Å². The Labute approximate surface area is 74.0 Å². The molecule has 2 aliphatic rings. The first-order valence-electron chi connectivity index (χ1n) is 3.48. The molecule has 0 aromatic carbocycles. The number of rotatable bonds is 1. The molecule has 2 N–H and O–H groups in total. The average Bonchev–Trinajstić information content (AvgIpc) is 2.47. The minimum Gasteiger partial charge on any atom is -0.488 e. The minimum atomic E-state index is -0.411. The van der Waals surface area contributed by atoms with Crippen molar-refractivity contribution in [1.29, 1.82) is 0 Å². The van der Waals surface area contributed by atoms with Gasteiger partial charge >= 0.3 is 0 Å². The van der Waals surface area contributed by atoms with Crippen molar-refractivity contribution >= 4 is 17.7 Å². The van der Waals surface area contributed by atoms with Crippen molar-refractivity contribution in [2.75, 3.05) is 0 Å². The monoisotopic (exact) mass is 181 g/mol. The maximum Gasteiger partial charge on any atom is 0.249 e. The Hall–Kier alpha value is -1.16. The normalized spacial score (nSPS) is 25.5. The first-order chi connectivity index (χ1) is 5.79. The van der Waals surface area contributed by atoms with E-state index in [0.29, 0.717) is 5.57 Å². The van der Waals surface area contributed by atoms with Crippen molar-refractivity contribution in [3.63, 3.8) is 0 Å². The molecule has 3 nitrogen and oxygen atoms in total. The maximum atomic E-state index is 10.9. The highest BCUT2D eigenvalue weighted by atomic mass is 32.2. The summed E-state index contributed by atoms with van der Waals surface area (Å²) in [6, 6.07) is 0. The van der Waals surface area contributed by atoms with Crippen molar-refractivity contribution in [3.8, 4) is 0 Å². The van der Waals surface area contributed by atoms with E-state index in [2.05, 4.69) is 0 Å². The molecule has 0 aromatic heterocycles. The largest absolute Gasteiger partial charge is 0.488 e. The van der Waals surface area contributed by atoms with Crippen LogP contribution in [0.3, 0.4) is 0 Å². The number of nitrogens with two attached hydrogens (primary N) is 1. The number of hydrogen-bond donors (Lipinski definition) is 1. The summed E-state index contributed by atoms with van der Waals surface area (Å²) in [6.07, 6.45) is 5.04. The molecule has 2 heterocycles. The summed E-state index contributed by atoms with van der Waals surface area (Å²) >= 11 is 1.48. The molecule has 1 amide bonds. The van der Waals surface area contributed by atoms with Crippen LogP contribution in [0.5, 0.6) is 0 Å². The van der Waals surface area contributed by atoms with Crippen molar-refractivity contribution in [2.45, 2.75) is 6.10 Å². The van der Waals surface area contributed by atoms with Gasteiger partial charge in [0.2, 0.25) is 5.91 Å². The lowest BCUT2D eigenvalue weighted by molar-refractivity contribution is -0.115. The van der Waals surface area contributed by atoms with E-state index in [1.54, 1.807) is 17.7 Å². The smallest absolute Gasteiger partial charge is 0.249 e. The molecule has 0 saturated heterocycles. The molecule has 1 unspecified atom stereocenters. The Morgan fingerprint density at radius 2 is 2.50 bits per heavy atom. The van der Waals surface area contributed by atoms with Crippen LogP contribution in [0.4, 0.5) is 0 Å². The standard InChI is InChI=1S/C8H7NO2S/c9-8(10)5-4-12-6-2-1-3-11-7(5)6/h1-4,7H,(H2,9,10). The molecule has 1 atom stereocenters. The van der Waals surface area contributed by atoms with Crippen molar-refractivity contribution in [3.05, 3.63) is 34.3 Å². The van der Waals surface area contributed by atoms with Gasteiger partial charge in [-0.1, -0.05) is 11.8 Å². The molecule has 2 rings (SSSR count). The van der Waals surface area contributed by atoms with Crippen LogP contribution in [0.2, 0.25) is 0 Å². The molecule has 2 aliphatic heterocycles. The number of ether oxygens (including phenoxy) is 1. The van der Waals surface area contributed by atoms with E-state index in [1.165, 1.54) is 11.8 Å². The minimum absolute atomic E-state index is 0.252. The maximum absolute atomic E-state index is 10.9. The molecule has 0 radical (unpaired) electrons. The summed E-state index contributed by atoms with van der Waals surface area (Å²) in [6.45, 7) is 0. The number of carbonyl (C=O) groups excluding carboxylic acids is 1. The number of thioether (sulfide) groups is 1. The van der Waals surface area contributed by atoms with Gasteiger partial charge in [-0.2, -0.15) is 0 Å². The molecule has 0 aromatic rings. The van der Waals surface area contributed by atoms with Crippen molar-refractivity contribution in [2.24, 2.45) is 5.73 Å². The molecule has 4 heteroatoms. The second-order valence-electron chi connectivity index (χ2n) is 2.47. The molecule has 12 heavy (non-hydrogen) atoms. The van der Waals surface area contributed by atoms with Crippen molar-refractivity contribution in [1.82, 2.24) is 0 Å². The van der Waals surface area contributed by atoms with Crippen LogP contribution in [0.15, 0.2) is 34.3 Å². The fraction of sp³-hybridized carbons (Fsp3) is 0.125. The van der Waals surface area contributed by atoms with E-state index in [9.17, 15) is 4.79 Å². The summed E-state index contributed by atoms with van der Waals surface area (Å²) in [5.74, 6) is -0.411. The third-order valence-electron chi connectivity index (χ3n) is 1.70. The fourth-order valence-corrected chi connectivity index (χ4v) is 2.09. The summed E-state index contributed by atoms with van der Waals surface area (Å²) in [7, 11) is 0. The van der Waals surface area contributed by atoms with Gasteiger partial charge in [0, 0.05) is 4.91 Å². The molecule has 0 spiro atoms. The van der Waals surface area contributed by atoms with E-state index < -0.39 is 5.91 Å². The van der Waals surface area contributed by atoms with Gasteiger partial charge < -0.3 is 10.5 Å². The average molecular weight is 181 g/mol. The number of hydrogen-bond acceptors (Lipinski definition) is 3. The zero-order valence-electron chi connectivity index (χ0n) is 6.19.